The minimum Gasteiger partial charge on any atom is -0.444 e. The summed E-state index contributed by atoms with van der Waals surface area (Å²) in [7, 11) is 0. The molecule has 0 aliphatic heterocycles. The van der Waals surface area contributed by atoms with Crippen LogP contribution in [0.3, 0.4) is 0 Å². The van der Waals surface area contributed by atoms with Crippen molar-refractivity contribution < 1.29 is 9.53 Å². The van der Waals surface area contributed by atoms with Crippen molar-refractivity contribution in [3.8, 4) is 0 Å². The molecule has 0 saturated carbocycles. The number of hydrogen-bond acceptors (Lipinski definition) is 3. The van der Waals surface area contributed by atoms with E-state index in [1.165, 1.54) is 5.56 Å². The highest BCUT2D eigenvalue weighted by Crippen LogP contribution is 2.13. The van der Waals surface area contributed by atoms with Crippen molar-refractivity contribution in [2.45, 2.75) is 32.8 Å². The Bertz CT molecular complexity index is 603. The maximum absolute atomic E-state index is 11.5. The van der Waals surface area contributed by atoms with Gasteiger partial charge in [0.05, 0.1) is 5.52 Å². The molecule has 4 nitrogen and oxygen atoms in total. The molecule has 1 amide bonds. The van der Waals surface area contributed by atoms with Gasteiger partial charge in [0.25, 0.3) is 0 Å². The van der Waals surface area contributed by atoms with Crippen molar-refractivity contribution in [2.24, 2.45) is 0 Å². The third-order valence-electron chi connectivity index (χ3n) is 2.75. The maximum atomic E-state index is 11.5. The number of alkyl carbamates (subject to hydrolysis) is 1. The molecule has 1 aromatic heterocycles. The van der Waals surface area contributed by atoms with Crippen LogP contribution in [0.1, 0.15) is 26.3 Å². The van der Waals surface area contributed by atoms with Gasteiger partial charge in [-0.15, -0.1) is 0 Å². The summed E-state index contributed by atoms with van der Waals surface area (Å²) in [5.41, 5.74) is 1.69. The zero-order valence-corrected chi connectivity index (χ0v) is 12.1. The van der Waals surface area contributed by atoms with E-state index in [0.717, 1.165) is 17.3 Å². The molecule has 0 saturated heterocycles. The van der Waals surface area contributed by atoms with Crippen LogP contribution in [0.5, 0.6) is 0 Å². The average Bonchev–Trinajstić information content (AvgIpc) is 2.36. The Morgan fingerprint density at radius 1 is 1.30 bits per heavy atom. The number of hydrogen-bond donors (Lipinski definition) is 1. The molecule has 1 heterocycles. The monoisotopic (exact) mass is 272 g/mol. The predicted octanol–water partition coefficient (Wildman–Crippen LogP) is 3.30. The van der Waals surface area contributed by atoms with Crippen molar-refractivity contribution in [2.75, 3.05) is 6.54 Å². The van der Waals surface area contributed by atoms with Gasteiger partial charge < -0.3 is 10.1 Å². The molecule has 1 N–H and O–H groups in total. The molecule has 0 atom stereocenters. The van der Waals surface area contributed by atoms with Crippen LogP contribution in [0.4, 0.5) is 4.79 Å². The molecular weight excluding hydrogens is 252 g/mol. The molecule has 1 aromatic carbocycles. The Labute approximate surface area is 119 Å². The van der Waals surface area contributed by atoms with Crippen LogP contribution in [0.25, 0.3) is 10.9 Å². The largest absolute Gasteiger partial charge is 0.444 e. The molecule has 0 radical (unpaired) electrons. The number of rotatable bonds is 3. The second-order valence-electron chi connectivity index (χ2n) is 5.71. The van der Waals surface area contributed by atoms with E-state index in [2.05, 4.69) is 16.4 Å². The van der Waals surface area contributed by atoms with Crippen LogP contribution >= 0.6 is 0 Å². The first kappa shape index (κ1) is 14.3. The number of fused-ring (bicyclic) bond motifs is 1. The first-order valence-corrected chi connectivity index (χ1v) is 6.74. The second-order valence-corrected chi connectivity index (χ2v) is 5.71. The lowest BCUT2D eigenvalue weighted by Crippen LogP contribution is -2.33. The number of amides is 1. The molecule has 0 aliphatic carbocycles. The number of benzene rings is 1. The third-order valence-corrected chi connectivity index (χ3v) is 2.75. The molecule has 0 aliphatic rings. The Balaban J connectivity index is 1.88. The van der Waals surface area contributed by atoms with Crippen molar-refractivity contribution in [3.63, 3.8) is 0 Å². The number of nitrogens with one attached hydrogen (secondary N) is 1. The van der Waals surface area contributed by atoms with Crippen LogP contribution in [0, 0.1) is 0 Å². The fraction of sp³-hybridized carbons (Fsp3) is 0.375. The second kappa shape index (κ2) is 5.90. The van der Waals surface area contributed by atoms with E-state index in [1.807, 2.05) is 45.0 Å². The Kier molecular flexibility index (Phi) is 4.23. The van der Waals surface area contributed by atoms with E-state index in [9.17, 15) is 4.79 Å². The highest BCUT2D eigenvalue weighted by atomic mass is 16.6. The number of aromatic nitrogens is 1. The standard InChI is InChI=1S/C16H20N2O2/c1-16(2,3)20-15(19)18-10-8-12-6-7-14-13(11-12)5-4-9-17-14/h4-7,9,11H,8,10H2,1-3H3,(H,18,19). The number of pyridine rings is 1. The normalized spacial score (nSPS) is 11.3. The van der Waals surface area contributed by atoms with Crippen molar-refractivity contribution in [1.82, 2.24) is 10.3 Å². The van der Waals surface area contributed by atoms with E-state index < -0.39 is 5.60 Å². The lowest BCUT2D eigenvalue weighted by Gasteiger charge is -2.19. The summed E-state index contributed by atoms with van der Waals surface area (Å²) in [6.07, 6.45) is 2.18. The van der Waals surface area contributed by atoms with Crippen molar-refractivity contribution in [1.29, 1.82) is 0 Å². The molecule has 20 heavy (non-hydrogen) atoms. The molecule has 0 bridgehead atoms. The fourth-order valence-electron chi connectivity index (χ4n) is 1.90. The van der Waals surface area contributed by atoms with Crippen molar-refractivity contribution >= 4 is 17.0 Å². The van der Waals surface area contributed by atoms with Gasteiger partial charge >= 0.3 is 6.09 Å². The first-order valence-electron chi connectivity index (χ1n) is 6.74. The van der Waals surface area contributed by atoms with Gasteiger partial charge in [-0.1, -0.05) is 12.1 Å². The number of nitrogens with zero attached hydrogens (tertiary/aromatic N) is 1. The van der Waals surface area contributed by atoms with E-state index in [4.69, 9.17) is 4.74 Å². The summed E-state index contributed by atoms with van der Waals surface area (Å²) in [6.45, 7) is 6.11. The average molecular weight is 272 g/mol. The van der Waals surface area contributed by atoms with Crippen LogP contribution in [0.15, 0.2) is 36.5 Å². The van der Waals surface area contributed by atoms with Crippen LogP contribution in [-0.2, 0) is 11.2 Å². The van der Waals surface area contributed by atoms with Gasteiger partial charge in [0.1, 0.15) is 5.60 Å². The van der Waals surface area contributed by atoms with Gasteiger partial charge in [-0.2, -0.15) is 0 Å². The first-order chi connectivity index (χ1) is 9.44. The lowest BCUT2D eigenvalue weighted by atomic mass is 10.1. The highest BCUT2D eigenvalue weighted by Gasteiger charge is 2.15. The molecule has 106 valence electrons. The van der Waals surface area contributed by atoms with Crippen LogP contribution < -0.4 is 5.32 Å². The van der Waals surface area contributed by atoms with E-state index in [0.29, 0.717) is 6.54 Å². The number of carbonyl (C=O) groups is 1. The number of ether oxygens (including phenoxy) is 1. The smallest absolute Gasteiger partial charge is 0.407 e. The van der Waals surface area contributed by atoms with Gasteiger partial charge in [-0.05, 0) is 51.0 Å². The van der Waals surface area contributed by atoms with Gasteiger partial charge in [0, 0.05) is 18.1 Å². The molecule has 2 aromatic rings. The Hall–Kier alpha value is -2.10. The molecule has 2 rings (SSSR count). The van der Waals surface area contributed by atoms with Gasteiger partial charge in [0.2, 0.25) is 0 Å². The minimum absolute atomic E-state index is 0.375. The minimum atomic E-state index is -0.460. The Morgan fingerprint density at radius 2 is 2.10 bits per heavy atom. The topological polar surface area (TPSA) is 51.2 Å². The fourth-order valence-corrected chi connectivity index (χ4v) is 1.90. The van der Waals surface area contributed by atoms with Gasteiger partial charge in [-0.25, -0.2) is 4.79 Å². The summed E-state index contributed by atoms with van der Waals surface area (Å²) in [4.78, 5) is 15.8. The van der Waals surface area contributed by atoms with Crippen LogP contribution in [0.2, 0.25) is 0 Å². The van der Waals surface area contributed by atoms with E-state index in [1.54, 1.807) is 6.20 Å². The Morgan fingerprint density at radius 3 is 2.85 bits per heavy atom. The summed E-state index contributed by atoms with van der Waals surface area (Å²) in [5, 5.41) is 3.87. The molecule has 0 spiro atoms. The summed E-state index contributed by atoms with van der Waals surface area (Å²) in [5.74, 6) is 0. The molecule has 0 fully saturated rings. The zero-order chi connectivity index (χ0) is 14.6. The summed E-state index contributed by atoms with van der Waals surface area (Å²) >= 11 is 0. The van der Waals surface area contributed by atoms with E-state index >= 15 is 0 Å². The third kappa shape index (κ3) is 4.23. The molecule has 4 heteroatoms. The van der Waals surface area contributed by atoms with E-state index in [-0.39, 0.29) is 6.09 Å². The quantitative estimate of drug-likeness (QED) is 0.932. The molecular formula is C16H20N2O2. The predicted molar refractivity (Wildman–Crippen MR) is 79.7 cm³/mol. The van der Waals surface area contributed by atoms with Crippen molar-refractivity contribution in [3.05, 3.63) is 42.1 Å². The molecule has 0 unspecified atom stereocenters. The SMILES string of the molecule is CC(C)(C)OC(=O)NCCc1ccc2ncccc2c1. The maximum Gasteiger partial charge on any atom is 0.407 e. The van der Waals surface area contributed by atoms with Gasteiger partial charge in [-0.3, -0.25) is 4.98 Å². The highest BCUT2D eigenvalue weighted by molar-refractivity contribution is 5.78. The van der Waals surface area contributed by atoms with Crippen LogP contribution in [-0.4, -0.2) is 23.2 Å². The number of carbonyl (C=O) groups excluding carboxylic acids is 1. The summed E-state index contributed by atoms with van der Waals surface area (Å²) < 4.78 is 5.19. The lowest BCUT2D eigenvalue weighted by molar-refractivity contribution is 0.0528. The van der Waals surface area contributed by atoms with Gasteiger partial charge in [0.15, 0.2) is 0 Å². The zero-order valence-electron chi connectivity index (χ0n) is 12.1. The summed E-state index contributed by atoms with van der Waals surface area (Å²) in [6, 6.07) is 10.1.